The molecular formula is C11H20. The van der Waals surface area contributed by atoms with E-state index in [9.17, 15) is 0 Å². The molecule has 64 valence electrons. The molecule has 0 nitrogen and oxygen atoms in total. The summed E-state index contributed by atoms with van der Waals surface area (Å²) in [5.74, 6) is 1.81. The van der Waals surface area contributed by atoms with Gasteiger partial charge in [-0.15, -0.1) is 0 Å². The van der Waals surface area contributed by atoms with Crippen molar-refractivity contribution in [3.63, 3.8) is 0 Å². The SMILES string of the molecule is CCC1CCC(C)=CC(C)C1. The third-order valence-electron chi connectivity index (χ3n) is 2.80. The molecule has 0 radical (unpaired) electrons. The molecule has 0 heteroatoms. The normalized spacial score (nSPS) is 32.8. The van der Waals surface area contributed by atoms with Gasteiger partial charge in [-0.25, -0.2) is 0 Å². The lowest BCUT2D eigenvalue weighted by Crippen LogP contribution is -2.00. The molecule has 0 amide bonds. The Balaban J connectivity index is 2.50. The van der Waals surface area contributed by atoms with Crippen LogP contribution in [0.15, 0.2) is 11.6 Å². The smallest absolute Gasteiger partial charge is 0.0257 e. The summed E-state index contributed by atoms with van der Waals surface area (Å²) in [5, 5.41) is 0. The van der Waals surface area contributed by atoms with Gasteiger partial charge in [-0.3, -0.25) is 0 Å². The van der Waals surface area contributed by atoms with Crippen molar-refractivity contribution >= 4 is 0 Å². The van der Waals surface area contributed by atoms with Gasteiger partial charge in [0.1, 0.15) is 0 Å². The van der Waals surface area contributed by atoms with E-state index in [1.165, 1.54) is 25.7 Å². The lowest BCUT2D eigenvalue weighted by Gasteiger charge is -2.13. The lowest BCUT2D eigenvalue weighted by molar-refractivity contribution is 0.407. The topological polar surface area (TPSA) is 0 Å². The highest BCUT2D eigenvalue weighted by Crippen LogP contribution is 2.28. The Labute approximate surface area is 70.7 Å². The largest absolute Gasteiger partial charge is 0.0828 e. The van der Waals surface area contributed by atoms with Crippen LogP contribution in [-0.4, -0.2) is 0 Å². The van der Waals surface area contributed by atoms with Gasteiger partial charge in [0.25, 0.3) is 0 Å². The Morgan fingerprint density at radius 1 is 1.55 bits per heavy atom. The monoisotopic (exact) mass is 152 g/mol. The minimum absolute atomic E-state index is 0.822. The molecular weight excluding hydrogens is 132 g/mol. The Bertz CT molecular complexity index is 144. The Morgan fingerprint density at radius 2 is 2.27 bits per heavy atom. The summed E-state index contributed by atoms with van der Waals surface area (Å²) in [5.41, 5.74) is 1.61. The Hall–Kier alpha value is -0.260. The predicted molar refractivity (Wildman–Crippen MR) is 50.6 cm³/mol. The van der Waals surface area contributed by atoms with Crippen LogP contribution in [-0.2, 0) is 0 Å². The van der Waals surface area contributed by atoms with E-state index >= 15 is 0 Å². The van der Waals surface area contributed by atoms with Gasteiger partial charge in [-0.1, -0.05) is 31.9 Å². The first-order valence-corrected chi connectivity index (χ1v) is 4.89. The molecule has 1 aliphatic carbocycles. The molecule has 2 atom stereocenters. The van der Waals surface area contributed by atoms with Crippen LogP contribution in [0.1, 0.15) is 46.5 Å². The molecule has 0 aromatic rings. The van der Waals surface area contributed by atoms with Gasteiger partial charge in [-0.05, 0) is 38.0 Å². The molecule has 0 saturated carbocycles. The molecule has 2 unspecified atom stereocenters. The second-order valence-corrected chi connectivity index (χ2v) is 4.04. The van der Waals surface area contributed by atoms with Crippen LogP contribution >= 0.6 is 0 Å². The van der Waals surface area contributed by atoms with E-state index in [1.807, 2.05) is 0 Å². The zero-order valence-electron chi connectivity index (χ0n) is 8.06. The second kappa shape index (κ2) is 3.94. The minimum atomic E-state index is 0.822. The maximum atomic E-state index is 2.45. The van der Waals surface area contributed by atoms with E-state index in [0.29, 0.717) is 0 Å². The molecule has 1 rings (SSSR count). The second-order valence-electron chi connectivity index (χ2n) is 4.04. The van der Waals surface area contributed by atoms with Crippen molar-refractivity contribution in [1.29, 1.82) is 0 Å². The Morgan fingerprint density at radius 3 is 2.91 bits per heavy atom. The minimum Gasteiger partial charge on any atom is -0.0828 e. The zero-order chi connectivity index (χ0) is 8.27. The molecule has 1 aliphatic rings. The van der Waals surface area contributed by atoms with E-state index in [0.717, 1.165) is 11.8 Å². The highest BCUT2D eigenvalue weighted by Gasteiger charge is 2.13. The number of rotatable bonds is 1. The number of hydrogen-bond acceptors (Lipinski definition) is 0. The van der Waals surface area contributed by atoms with Crippen LogP contribution in [0.5, 0.6) is 0 Å². The zero-order valence-corrected chi connectivity index (χ0v) is 8.06. The maximum absolute atomic E-state index is 2.45. The fraction of sp³-hybridized carbons (Fsp3) is 0.818. The van der Waals surface area contributed by atoms with Crippen LogP contribution < -0.4 is 0 Å². The maximum Gasteiger partial charge on any atom is -0.0257 e. The third-order valence-corrected chi connectivity index (χ3v) is 2.80. The van der Waals surface area contributed by atoms with E-state index in [-0.39, 0.29) is 0 Å². The quantitative estimate of drug-likeness (QED) is 0.502. The van der Waals surface area contributed by atoms with Crippen LogP contribution in [0.3, 0.4) is 0 Å². The molecule has 0 fully saturated rings. The van der Waals surface area contributed by atoms with Crippen LogP contribution in [0.2, 0.25) is 0 Å². The summed E-state index contributed by atoms with van der Waals surface area (Å²) in [6.07, 6.45) is 7.99. The summed E-state index contributed by atoms with van der Waals surface area (Å²) < 4.78 is 0. The molecule has 0 saturated heterocycles. The molecule has 0 aromatic heterocycles. The van der Waals surface area contributed by atoms with Gasteiger partial charge in [0.2, 0.25) is 0 Å². The van der Waals surface area contributed by atoms with Gasteiger partial charge in [0.15, 0.2) is 0 Å². The molecule has 0 aromatic carbocycles. The average molecular weight is 152 g/mol. The van der Waals surface area contributed by atoms with Crippen molar-refractivity contribution in [2.75, 3.05) is 0 Å². The summed E-state index contributed by atoms with van der Waals surface area (Å²) in [6.45, 7) is 6.93. The van der Waals surface area contributed by atoms with Crippen molar-refractivity contribution in [2.45, 2.75) is 46.5 Å². The van der Waals surface area contributed by atoms with Crippen molar-refractivity contribution in [1.82, 2.24) is 0 Å². The highest BCUT2D eigenvalue weighted by molar-refractivity contribution is 5.03. The first-order valence-electron chi connectivity index (χ1n) is 4.89. The van der Waals surface area contributed by atoms with Crippen LogP contribution in [0.25, 0.3) is 0 Å². The third kappa shape index (κ3) is 2.69. The van der Waals surface area contributed by atoms with Gasteiger partial charge in [-0.2, -0.15) is 0 Å². The standard InChI is InChI=1S/C11H20/c1-4-11-6-5-9(2)7-10(3)8-11/h7,10-11H,4-6,8H2,1-3H3. The molecule has 0 N–H and O–H groups in total. The fourth-order valence-electron chi connectivity index (χ4n) is 2.08. The van der Waals surface area contributed by atoms with E-state index in [4.69, 9.17) is 0 Å². The van der Waals surface area contributed by atoms with Gasteiger partial charge in [0, 0.05) is 0 Å². The molecule has 0 spiro atoms. The lowest BCUT2D eigenvalue weighted by atomic mass is 9.93. The van der Waals surface area contributed by atoms with Crippen LogP contribution in [0, 0.1) is 11.8 Å². The van der Waals surface area contributed by atoms with Crippen molar-refractivity contribution in [2.24, 2.45) is 11.8 Å². The number of hydrogen-bond donors (Lipinski definition) is 0. The first-order chi connectivity index (χ1) is 5.22. The summed E-state index contributed by atoms with van der Waals surface area (Å²) >= 11 is 0. The molecule has 0 bridgehead atoms. The van der Waals surface area contributed by atoms with E-state index in [1.54, 1.807) is 5.57 Å². The summed E-state index contributed by atoms with van der Waals surface area (Å²) in [4.78, 5) is 0. The number of allylic oxidation sites excluding steroid dienone is 2. The van der Waals surface area contributed by atoms with Gasteiger partial charge in [0.05, 0.1) is 0 Å². The van der Waals surface area contributed by atoms with Crippen molar-refractivity contribution < 1.29 is 0 Å². The average Bonchev–Trinajstić information content (AvgIpc) is 2.11. The predicted octanol–water partition coefficient (Wildman–Crippen LogP) is 3.78. The van der Waals surface area contributed by atoms with Crippen molar-refractivity contribution in [3.8, 4) is 0 Å². The van der Waals surface area contributed by atoms with E-state index in [2.05, 4.69) is 26.8 Å². The van der Waals surface area contributed by atoms with E-state index < -0.39 is 0 Å². The fourth-order valence-corrected chi connectivity index (χ4v) is 2.08. The summed E-state index contributed by atoms with van der Waals surface area (Å²) in [7, 11) is 0. The summed E-state index contributed by atoms with van der Waals surface area (Å²) in [6, 6.07) is 0. The molecule has 0 aliphatic heterocycles. The molecule has 0 heterocycles. The van der Waals surface area contributed by atoms with Gasteiger partial charge >= 0.3 is 0 Å². The van der Waals surface area contributed by atoms with Gasteiger partial charge < -0.3 is 0 Å². The van der Waals surface area contributed by atoms with Crippen LogP contribution in [0.4, 0.5) is 0 Å². The first kappa shape index (κ1) is 8.83. The highest BCUT2D eigenvalue weighted by atomic mass is 14.2. The molecule has 11 heavy (non-hydrogen) atoms. The van der Waals surface area contributed by atoms with Crippen molar-refractivity contribution in [3.05, 3.63) is 11.6 Å². The Kier molecular flexibility index (Phi) is 3.16.